The third-order valence-corrected chi connectivity index (χ3v) is 18.3. The minimum atomic E-state index is 0.461. The lowest BCUT2D eigenvalue weighted by Gasteiger charge is -2.16. The van der Waals surface area contributed by atoms with Crippen LogP contribution in [-0.4, -0.2) is 18.3 Å². The Kier molecular flexibility index (Phi) is 8.36. The van der Waals surface area contributed by atoms with Gasteiger partial charge in [-0.1, -0.05) is 121 Å². The Morgan fingerprint density at radius 1 is 0.250 bits per heavy atom. The molecule has 8 heteroatoms. The van der Waals surface area contributed by atoms with E-state index in [2.05, 4.69) is 237 Å². The van der Waals surface area contributed by atoms with Gasteiger partial charge in [0.25, 0.3) is 0 Å². The second-order valence-corrected chi connectivity index (χ2v) is 22.0. The third-order valence-electron chi connectivity index (χ3n) is 16.0. The quantitative estimate of drug-likeness (QED) is 0.176. The highest BCUT2D eigenvalue weighted by molar-refractivity contribution is 7.26. The van der Waals surface area contributed by atoms with Crippen molar-refractivity contribution in [3.8, 4) is 34.9 Å². The van der Waals surface area contributed by atoms with Crippen molar-refractivity contribution in [1.29, 1.82) is 10.5 Å². The normalized spacial score (nSPS) is 12.2. The number of thiophene rings is 2. The first-order valence-corrected chi connectivity index (χ1v) is 27.0. The van der Waals surface area contributed by atoms with Gasteiger partial charge in [0, 0.05) is 83.4 Å². The lowest BCUT2D eigenvalue weighted by atomic mass is 10.1. The van der Waals surface area contributed by atoms with Crippen molar-refractivity contribution in [2.75, 3.05) is 0 Å². The molecule has 6 nitrogen and oxygen atoms in total. The highest BCUT2D eigenvalue weighted by atomic mass is 32.1. The van der Waals surface area contributed by atoms with Crippen LogP contribution in [0, 0.1) is 22.7 Å². The summed E-state index contributed by atoms with van der Waals surface area (Å²) in [6.07, 6.45) is 0. The molecule has 6 heterocycles. The number of fused-ring (bicyclic) bond motifs is 18. The first kappa shape index (κ1) is 41.5. The second kappa shape index (κ2) is 15.3. The number of para-hydroxylation sites is 4. The van der Waals surface area contributed by atoms with Crippen LogP contribution in [0.25, 0.3) is 150 Å². The Morgan fingerprint density at radius 3 is 0.961 bits per heavy atom. The summed E-state index contributed by atoms with van der Waals surface area (Å²) in [5, 5.41) is 37.1. The van der Waals surface area contributed by atoms with E-state index >= 15 is 0 Å². The van der Waals surface area contributed by atoms with Gasteiger partial charge in [-0.25, -0.2) is 0 Å². The number of hydrogen-bond acceptors (Lipinski definition) is 4. The highest BCUT2D eigenvalue weighted by Gasteiger charge is 2.27. The van der Waals surface area contributed by atoms with Gasteiger partial charge in [0.15, 0.2) is 0 Å². The highest BCUT2D eigenvalue weighted by Crippen LogP contribution is 2.47. The van der Waals surface area contributed by atoms with Gasteiger partial charge in [0.2, 0.25) is 0 Å². The average Bonchev–Trinajstić information content (AvgIpc) is 4.51. The topological polar surface area (TPSA) is 67.3 Å². The number of nitrogens with zero attached hydrogens (tertiary/aromatic N) is 6. The van der Waals surface area contributed by atoms with E-state index in [0.29, 0.717) is 22.5 Å². The maximum Gasteiger partial charge on any atom is 0.101 e. The van der Waals surface area contributed by atoms with Crippen molar-refractivity contribution < 1.29 is 0 Å². The molecule has 0 saturated heterocycles. The van der Waals surface area contributed by atoms with Gasteiger partial charge in [0.1, 0.15) is 12.1 Å². The van der Waals surface area contributed by atoms with Crippen LogP contribution >= 0.6 is 22.7 Å². The summed E-state index contributed by atoms with van der Waals surface area (Å²) in [5.74, 6) is 0. The SMILES string of the molecule is N#Cc1cc(-n2c3cc4sc5ccccc5c4cc3c3c(-n4c5ccccc5c5ccccc54)cccc32)c(C#N)cc1-n1c2cc3sc4ccccc4c3cc2c2c(-n3c4ccccc4c4ccccc43)cccc21. The number of hydrogen-bond donors (Lipinski definition) is 0. The summed E-state index contributed by atoms with van der Waals surface area (Å²) in [6, 6.07) is 83.4. The summed E-state index contributed by atoms with van der Waals surface area (Å²) in [6.45, 7) is 0. The Morgan fingerprint density at radius 2 is 0.579 bits per heavy atom. The molecule has 0 aliphatic heterocycles. The molecule has 0 radical (unpaired) electrons. The Bertz CT molecular complexity index is 5070. The van der Waals surface area contributed by atoms with E-state index in [0.717, 1.165) is 86.5 Å². The van der Waals surface area contributed by atoms with E-state index in [1.165, 1.54) is 52.5 Å². The maximum atomic E-state index is 11.6. The molecular formula is C68H36N6S2. The van der Waals surface area contributed by atoms with Gasteiger partial charge in [-0.3, -0.25) is 0 Å². The molecule has 17 aromatic rings. The fourth-order valence-electron chi connectivity index (χ4n) is 12.9. The molecule has 0 atom stereocenters. The number of nitriles is 2. The zero-order valence-corrected chi connectivity index (χ0v) is 41.9. The van der Waals surface area contributed by atoms with Crippen LogP contribution in [-0.2, 0) is 0 Å². The van der Waals surface area contributed by atoms with Gasteiger partial charge in [-0.2, -0.15) is 10.5 Å². The van der Waals surface area contributed by atoms with Crippen LogP contribution < -0.4 is 0 Å². The molecule has 6 aromatic heterocycles. The fraction of sp³-hybridized carbons (Fsp3) is 0. The minimum Gasteiger partial charge on any atom is -0.309 e. The van der Waals surface area contributed by atoms with E-state index in [-0.39, 0.29) is 0 Å². The molecule has 0 fully saturated rings. The zero-order chi connectivity index (χ0) is 49.9. The predicted octanol–water partition coefficient (Wildman–Crippen LogP) is 18.6. The van der Waals surface area contributed by atoms with Crippen molar-refractivity contribution in [2.45, 2.75) is 0 Å². The first-order chi connectivity index (χ1) is 37.6. The maximum absolute atomic E-state index is 11.6. The molecule has 0 aliphatic rings. The van der Waals surface area contributed by atoms with Crippen LogP contribution in [0.15, 0.2) is 218 Å². The summed E-state index contributed by atoms with van der Waals surface area (Å²) in [5.41, 5.74) is 12.6. The summed E-state index contributed by atoms with van der Waals surface area (Å²) in [4.78, 5) is 0. The van der Waals surface area contributed by atoms with E-state index in [4.69, 9.17) is 0 Å². The Labute approximate surface area is 440 Å². The number of benzene rings is 11. The standard InChI is InChI=1S/C68H36N6S2/c69-37-39-32-60(74-58-28-14-26-56(72-53-23-9-3-17-43(53)44-18-4-10-24-54(44)72)68(58)50-34-48-46-20-6-12-30-64(46)76-66(48)36-62(50)74)40(38-70)31-59(39)73-57-27-13-25-55(71-51-21-7-1-15-41(51)42-16-2-8-22-52(42)71)67(57)49-33-47-45-19-5-11-29-63(45)75-65(47)35-61(49)73/h1-36H. The summed E-state index contributed by atoms with van der Waals surface area (Å²) in [7, 11) is 0. The lowest BCUT2D eigenvalue weighted by molar-refractivity contribution is 1.12. The van der Waals surface area contributed by atoms with Crippen molar-refractivity contribution >= 4 is 150 Å². The van der Waals surface area contributed by atoms with Crippen molar-refractivity contribution in [3.05, 3.63) is 230 Å². The van der Waals surface area contributed by atoms with Crippen molar-refractivity contribution in [2.24, 2.45) is 0 Å². The average molecular weight is 1000 g/mol. The van der Waals surface area contributed by atoms with Crippen molar-refractivity contribution in [1.82, 2.24) is 18.3 Å². The van der Waals surface area contributed by atoms with E-state index in [1.807, 2.05) is 12.1 Å². The molecule has 0 unspecified atom stereocenters. The molecular weight excluding hydrogens is 965 g/mol. The van der Waals surface area contributed by atoms with E-state index in [9.17, 15) is 10.5 Å². The Balaban J connectivity index is 0.982. The van der Waals surface area contributed by atoms with Crippen LogP contribution in [0.1, 0.15) is 11.1 Å². The lowest BCUT2D eigenvalue weighted by Crippen LogP contribution is -2.04. The van der Waals surface area contributed by atoms with Crippen LogP contribution in [0.2, 0.25) is 0 Å². The molecule has 11 aromatic carbocycles. The fourth-order valence-corrected chi connectivity index (χ4v) is 15.2. The number of rotatable bonds is 4. The molecule has 76 heavy (non-hydrogen) atoms. The van der Waals surface area contributed by atoms with E-state index < -0.39 is 0 Å². The monoisotopic (exact) mass is 1000 g/mol. The first-order valence-electron chi connectivity index (χ1n) is 25.4. The Hall–Kier alpha value is -9.96. The molecule has 17 rings (SSSR count). The van der Waals surface area contributed by atoms with Crippen LogP contribution in [0.5, 0.6) is 0 Å². The van der Waals surface area contributed by atoms with Gasteiger partial charge >= 0.3 is 0 Å². The molecule has 0 N–H and O–H groups in total. The summed E-state index contributed by atoms with van der Waals surface area (Å²) < 4.78 is 14.0. The molecule has 0 bridgehead atoms. The van der Waals surface area contributed by atoms with Crippen LogP contribution in [0.4, 0.5) is 0 Å². The van der Waals surface area contributed by atoms with E-state index in [1.54, 1.807) is 22.7 Å². The van der Waals surface area contributed by atoms with Crippen molar-refractivity contribution in [3.63, 3.8) is 0 Å². The zero-order valence-electron chi connectivity index (χ0n) is 40.3. The van der Waals surface area contributed by atoms with Crippen LogP contribution in [0.3, 0.4) is 0 Å². The summed E-state index contributed by atoms with van der Waals surface area (Å²) >= 11 is 3.56. The third kappa shape index (κ3) is 5.45. The van der Waals surface area contributed by atoms with Gasteiger partial charge in [-0.15, -0.1) is 22.7 Å². The predicted molar refractivity (Wildman–Crippen MR) is 319 cm³/mol. The molecule has 0 aliphatic carbocycles. The number of aromatic nitrogens is 4. The van der Waals surface area contributed by atoms with Gasteiger partial charge in [0.05, 0.1) is 78.0 Å². The minimum absolute atomic E-state index is 0.461. The largest absolute Gasteiger partial charge is 0.309 e. The molecule has 350 valence electrons. The molecule has 0 amide bonds. The van der Waals surface area contributed by atoms with Gasteiger partial charge < -0.3 is 18.3 Å². The van der Waals surface area contributed by atoms with Gasteiger partial charge in [-0.05, 0) is 97.1 Å². The molecule has 0 saturated carbocycles. The molecule has 0 spiro atoms. The smallest absolute Gasteiger partial charge is 0.101 e. The second-order valence-electron chi connectivity index (χ2n) is 19.8.